The molecule has 27 heavy (non-hydrogen) atoms. The minimum atomic E-state index is 0.138. The summed E-state index contributed by atoms with van der Waals surface area (Å²) in [5, 5.41) is 1.18. The normalized spacial score (nSPS) is 28.5. The van der Waals surface area contributed by atoms with Crippen molar-refractivity contribution in [3.8, 4) is 0 Å². The first-order valence-electron chi connectivity index (χ1n) is 9.83. The molecule has 140 valence electrons. The van der Waals surface area contributed by atoms with Crippen molar-refractivity contribution in [1.29, 1.82) is 0 Å². The van der Waals surface area contributed by atoms with E-state index >= 15 is 0 Å². The minimum absolute atomic E-state index is 0.138. The van der Waals surface area contributed by atoms with Crippen molar-refractivity contribution in [2.75, 3.05) is 13.1 Å². The Morgan fingerprint density at radius 1 is 1.07 bits per heavy atom. The first-order chi connectivity index (χ1) is 13.2. The summed E-state index contributed by atoms with van der Waals surface area (Å²) in [5.41, 5.74) is 11.5. The lowest BCUT2D eigenvalue weighted by molar-refractivity contribution is 0.167. The highest BCUT2D eigenvalue weighted by atomic mass is 15.4. The third kappa shape index (κ3) is 2.84. The van der Waals surface area contributed by atoms with Gasteiger partial charge in [-0.3, -0.25) is 20.7 Å². The van der Waals surface area contributed by atoms with Gasteiger partial charge in [-0.15, -0.1) is 0 Å². The number of para-hydroxylation sites is 1. The molecule has 1 aromatic carbocycles. The Hall–Kier alpha value is -2.28. The molecule has 2 aliphatic rings. The van der Waals surface area contributed by atoms with Gasteiger partial charge in [0.1, 0.15) is 0 Å². The molecule has 6 nitrogen and oxygen atoms in total. The number of aromatic amines is 1. The molecule has 2 aliphatic heterocycles. The molecule has 6 heteroatoms. The average Bonchev–Trinajstić information content (AvgIpc) is 3.29. The number of pyridine rings is 1. The molecule has 1 saturated heterocycles. The summed E-state index contributed by atoms with van der Waals surface area (Å²) < 4.78 is 0. The lowest BCUT2D eigenvalue weighted by atomic mass is 9.90. The maximum atomic E-state index is 4.73. The summed E-state index contributed by atoms with van der Waals surface area (Å²) in [6.07, 6.45) is 4.74. The van der Waals surface area contributed by atoms with Gasteiger partial charge < -0.3 is 4.98 Å². The molecular formula is C21H26N6. The minimum Gasteiger partial charge on any atom is -0.348 e. The van der Waals surface area contributed by atoms with Gasteiger partial charge in [-0.2, -0.15) is 0 Å². The summed E-state index contributed by atoms with van der Waals surface area (Å²) in [4.78, 5) is 15.4. The number of aromatic nitrogens is 3. The molecule has 3 unspecified atom stereocenters. The van der Waals surface area contributed by atoms with Gasteiger partial charge >= 0.3 is 0 Å². The van der Waals surface area contributed by atoms with Crippen LogP contribution in [0.5, 0.6) is 0 Å². The van der Waals surface area contributed by atoms with E-state index in [9.17, 15) is 0 Å². The largest absolute Gasteiger partial charge is 0.348 e. The Bertz CT molecular complexity index is 935. The number of imidazole rings is 1. The van der Waals surface area contributed by atoms with Crippen LogP contribution in [0.1, 0.15) is 36.8 Å². The van der Waals surface area contributed by atoms with Crippen molar-refractivity contribution in [2.45, 2.75) is 38.4 Å². The molecule has 0 amide bonds. The number of benzene rings is 1. The van der Waals surface area contributed by atoms with Crippen LogP contribution in [0.2, 0.25) is 0 Å². The van der Waals surface area contributed by atoms with Gasteiger partial charge in [0.2, 0.25) is 0 Å². The molecule has 3 atom stereocenters. The van der Waals surface area contributed by atoms with Crippen LogP contribution < -0.4 is 10.9 Å². The van der Waals surface area contributed by atoms with E-state index in [-0.39, 0.29) is 6.04 Å². The third-order valence-corrected chi connectivity index (χ3v) is 6.25. The van der Waals surface area contributed by atoms with Crippen LogP contribution in [0.4, 0.5) is 0 Å². The molecular weight excluding hydrogens is 336 g/mol. The Kier molecular flexibility index (Phi) is 4.19. The van der Waals surface area contributed by atoms with E-state index < -0.39 is 0 Å². The zero-order chi connectivity index (χ0) is 18.4. The van der Waals surface area contributed by atoms with Crippen LogP contribution in [0.25, 0.3) is 10.9 Å². The second kappa shape index (κ2) is 6.71. The SMILES string of the molecule is CC1NNC(C)C1CN1CCc2[nH]cnc2C1c1cccc2cccnc12. The first kappa shape index (κ1) is 16.9. The van der Waals surface area contributed by atoms with Crippen molar-refractivity contribution in [3.63, 3.8) is 0 Å². The van der Waals surface area contributed by atoms with Gasteiger partial charge in [0.15, 0.2) is 0 Å². The van der Waals surface area contributed by atoms with Crippen LogP contribution >= 0.6 is 0 Å². The molecule has 1 fully saturated rings. The number of hydrazine groups is 1. The van der Waals surface area contributed by atoms with E-state index in [2.05, 4.69) is 58.8 Å². The van der Waals surface area contributed by atoms with Crippen LogP contribution in [0, 0.1) is 5.92 Å². The summed E-state index contributed by atoms with van der Waals surface area (Å²) in [7, 11) is 0. The van der Waals surface area contributed by atoms with Gasteiger partial charge in [-0.1, -0.05) is 24.3 Å². The van der Waals surface area contributed by atoms with Gasteiger partial charge in [0.05, 0.1) is 23.6 Å². The topological polar surface area (TPSA) is 68.9 Å². The monoisotopic (exact) mass is 362 g/mol. The van der Waals surface area contributed by atoms with E-state index in [1.165, 1.54) is 16.6 Å². The highest BCUT2D eigenvalue weighted by molar-refractivity contribution is 5.82. The predicted molar refractivity (Wildman–Crippen MR) is 106 cm³/mol. The Balaban J connectivity index is 1.59. The number of hydrogen-bond donors (Lipinski definition) is 3. The molecule has 0 saturated carbocycles. The summed E-state index contributed by atoms with van der Waals surface area (Å²) in [5.74, 6) is 0.552. The molecule has 0 radical (unpaired) electrons. The fourth-order valence-corrected chi connectivity index (χ4v) is 4.71. The van der Waals surface area contributed by atoms with Gasteiger partial charge in [0.25, 0.3) is 0 Å². The summed E-state index contributed by atoms with van der Waals surface area (Å²) in [6, 6.07) is 11.7. The predicted octanol–water partition coefficient (Wildman–Crippen LogP) is 2.41. The maximum absolute atomic E-state index is 4.73. The van der Waals surface area contributed by atoms with E-state index in [1.54, 1.807) is 0 Å². The lowest BCUT2D eigenvalue weighted by Gasteiger charge is -2.38. The zero-order valence-electron chi connectivity index (χ0n) is 15.8. The number of nitrogens with one attached hydrogen (secondary N) is 3. The molecule has 3 aromatic rings. The Morgan fingerprint density at radius 3 is 2.74 bits per heavy atom. The molecule has 2 aromatic heterocycles. The zero-order valence-corrected chi connectivity index (χ0v) is 15.8. The molecule has 5 rings (SSSR count). The van der Waals surface area contributed by atoms with Crippen molar-refractivity contribution in [3.05, 3.63) is 59.8 Å². The first-order valence-corrected chi connectivity index (χ1v) is 9.83. The summed E-state index contributed by atoms with van der Waals surface area (Å²) in [6.45, 7) is 6.58. The number of H-pyrrole nitrogens is 1. The Labute approximate surface area is 159 Å². The third-order valence-electron chi connectivity index (χ3n) is 6.25. The molecule has 0 spiro atoms. The van der Waals surface area contributed by atoms with Crippen molar-refractivity contribution < 1.29 is 0 Å². The van der Waals surface area contributed by atoms with Crippen molar-refractivity contribution >= 4 is 10.9 Å². The smallest absolute Gasteiger partial charge is 0.0926 e. The highest BCUT2D eigenvalue weighted by Gasteiger charge is 2.37. The summed E-state index contributed by atoms with van der Waals surface area (Å²) >= 11 is 0. The standard InChI is InChI=1S/C21H26N6/c1-13-17(14(2)26-25-13)11-27-10-8-18-20(24-12-23-18)21(27)16-7-3-5-15-6-4-9-22-19(15)16/h3-7,9,12-14,17,21,25-26H,8,10-11H2,1-2H3,(H,23,24). The molecule has 4 heterocycles. The molecule has 0 aliphatic carbocycles. The lowest BCUT2D eigenvalue weighted by Crippen LogP contribution is -2.43. The number of nitrogens with zero attached hydrogens (tertiary/aromatic N) is 3. The van der Waals surface area contributed by atoms with Gasteiger partial charge in [-0.25, -0.2) is 4.98 Å². The van der Waals surface area contributed by atoms with Crippen LogP contribution in [-0.4, -0.2) is 45.0 Å². The van der Waals surface area contributed by atoms with Crippen molar-refractivity contribution in [1.82, 2.24) is 30.7 Å². The van der Waals surface area contributed by atoms with Crippen LogP contribution in [-0.2, 0) is 6.42 Å². The van der Waals surface area contributed by atoms with E-state index in [1.807, 2.05) is 18.6 Å². The van der Waals surface area contributed by atoms with Gasteiger partial charge in [0, 0.05) is 60.4 Å². The van der Waals surface area contributed by atoms with Crippen LogP contribution in [0.3, 0.4) is 0 Å². The fourth-order valence-electron chi connectivity index (χ4n) is 4.71. The molecule has 0 bridgehead atoms. The quantitative estimate of drug-likeness (QED) is 0.668. The number of hydrogen-bond acceptors (Lipinski definition) is 5. The maximum Gasteiger partial charge on any atom is 0.0926 e. The second-order valence-electron chi connectivity index (χ2n) is 7.87. The second-order valence-corrected chi connectivity index (χ2v) is 7.87. The van der Waals surface area contributed by atoms with E-state index in [0.717, 1.165) is 30.7 Å². The van der Waals surface area contributed by atoms with Crippen molar-refractivity contribution in [2.24, 2.45) is 5.92 Å². The van der Waals surface area contributed by atoms with E-state index in [4.69, 9.17) is 9.97 Å². The van der Waals surface area contributed by atoms with E-state index in [0.29, 0.717) is 18.0 Å². The van der Waals surface area contributed by atoms with Gasteiger partial charge in [-0.05, 0) is 19.9 Å². The number of fused-ring (bicyclic) bond motifs is 2. The van der Waals surface area contributed by atoms with Crippen LogP contribution in [0.15, 0.2) is 42.9 Å². The Morgan fingerprint density at radius 2 is 1.89 bits per heavy atom. The highest BCUT2D eigenvalue weighted by Crippen LogP contribution is 2.37. The fraction of sp³-hybridized carbons (Fsp3) is 0.429. The number of rotatable bonds is 3. The average molecular weight is 362 g/mol. The molecule has 3 N–H and O–H groups in total.